The van der Waals surface area contributed by atoms with Gasteiger partial charge in [-0.25, -0.2) is 0 Å². The van der Waals surface area contributed by atoms with Crippen LogP contribution in [0.5, 0.6) is 5.75 Å². The Kier molecular flexibility index (Phi) is 5.23. The van der Waals surface area contributed by atoms with Crippen molar-refractivity contribution in [2.24, 2.45) is 0 Å². The van der Waals surface area contributed by atoms with Crippen LogP contribution in [0.2, 0.25) is 0 Å². The third-order valence-electron chi connectivity index (χ3n) is 3.96. The Labute approximate surface area is 126 Å². The van der Waals surface area contributed by atoms with Gasteiger partial charge in [-0.2, -0.15) is 0 Å². The highest BCUT2D eigenvalue weighted by Crippen LogP contribution is 2.37. The minimum atomic E-state index is -0.455. The number of aryl methyl sites for hydroxylation is 1. The first-order valence-electron chi connectivity index (χ1n) is 7.81. The summed E-state index contributed by atoms with van der Waals surface area (Å²) in [6.45, 7) is 6.51. The fourth-order valence-corrected chi connectivity index (χ4v) is 2.80. The van der Waals surface area contributed by atoms with E-state index in [1.54, 1.807) is 0 Å². The molecule has 0 saturated heterocycles. The Hall–Kier alpha value is -1.55. The van der Waals surface area contributed by atoms with Crippen molar-refractivity contribution in [3.05, 3.63) is 28.8 Å². The molecule has 0 fully saturated rings. The molecule has 1 aliphatic heterocycles. The summed E-state index contributed by atoms with van der Waals surface area (Å²) in [5.41, 5.74) is 2.93. The van der Waals surface area contributed by atoms with Crippen molar-refractivity contribution in [1.29, 1.82) is 0 Å². The van der Waals surface area contributed by atoms with Crippen LogP contribution in [-0.2, 0) is 4.79 Å². The van der Waals surface area contributed by atoms with Crippen LogP contribution < -0.4 is 10.1 Å². The van der Waals surface area contributed by atoms with Gasteiger partial charge < -0.3 is 15.2 Å². The first-order chi connectivity index (χ1) is 10.1. The van der Waals surface area contributed by atoms with Crippen molar-refractivity contribution in [3.8, 4) is 5.75 Å². The number of benzene rings is 1. The molecule has 1 aliphatic rings. The average molecular weight is 291 g/mol. The van der Waals surface area contributed by atoms with Gasteiger partial charge in [0.25, 0.3) is 0 Å². The topological polar surface area (TPSA) is 58.6 Å². The maximum atomic E-state index is 11.7. The number of carbonyl (C=O) groups is 1. The molecule has 21 heavy (non-hydrogen) atoms. The standard InChI is InChI=1S/C17H25NO3/c1-4-6-15(19)12-9-11(3)17-13(10-12)14(7-8-21-17)18-16(20)5-2/h9-10,14-15,19H,4-8H2,1-3H3,(H,18,20). The van der Waals surface area contributed by atoms with Gasteiger partial charge in [-0.15, -0.1) is 0 Å². The lowest BCUT2D eigenvalue weighted by Gasteiger charge is -2.29. The zero-order valence-electron chi connectivity index (χ0n) is 13.1. The lowest BCUT2D eigenvalue weighted by Crippen LogP contribution is -2.32. The van der Waals surface area contributed by atoms with Gasteiger partial charge in [-0.05, 0) is 36.6 Å². The molecule has 0 radical (unpaired) electrons. The van der Waals surface area contributed by atoms with Crippen molar-refractivity contribution in [1.82, 2.24) is 5.32 Å². The van der Waals surface area contributed by atoms with Crippen LogP contribution in [0.25, 0.3) is 0 Å². The fraction of sp³-hybridized carbons (Fsp3) is 0.588. The van der Waals surface area contributed by atoms with Gasteiger partial charge in [0, 0.05) is 18.4 Å². The fourth-order valence-electron chi connectivity index (χ4n) is 2.80. The van der Waals surface area contributed by atoms with E-state index in [9.17, 15) is 9.90 Å². The molecule has 2 N–H and O–H groups in total. The summed E-state index contributed by atoms with van der Waals surface area (Å²) in [6.07, 6.45) is 2.47. The van der Waals surface area contributed by atoms with Crippen LogP contribution in [-0.4, -0.2) is 17.6 Å². The molecule has 1 aromatic rings. The highest BCUT2D eigenvalue weighted by molar-refractivity contribution is 5.76. The van der Waals surface area contributed by atoms with Gasteiger partial charge in [-0.3, -0.25) is 4.79 Å². The zero-order chi connectivity index (χ0) is 15.4. The second-order valence-corrected chi connectivity index (χ2v) is 5.67. The van der Waals surface area contributed by atoms with Crippen LogP contribution in [0.15, 0.2) is 12.1 Å². The Bertz CT molecular complexity index is 513. The van der Waals surface area contributed by atoms with Crippen LogP contribution >= 0.6 is 0 Å². The van der Waals surface area contributed by atoms with E-state index >= 15 is 0 Å². The van der Waals surface area contributed by atoms with Crippen LogP contribution in [0.3, 0.4) is 0 Å². The van der Waals surface area contributed by atoms with E-state index < -0.39 is 6.10 Å². The number of nitrogens with one attached hydrogen (secondary N) is 1. The quantitative estimate of drug-likeness (QED) is 0.876. The molecule has 2 rings (SSSR count). The van der Waals surface area contributed by atoms with Crippen molar-refractivity contribution in [2.75, 3.05) is 6.61 Å². The smallest absolute Gasteiger partial charge is 0.220 e. The molecule has 0 spiro atoms. The number of hydrogen-bond donors (Lipinski definition) is 2. The predicted octanol–water partition coefficient (Wildman–Crippen LogP) is 3.18. The highest BCUT2D eigenvalue weighted by Gasteiger charge is 2.25. The molecule has 2 atom stereocenters. The first-order valence-corrected chi connectivity index (χ1v) is 7.81. The number of carbonyl (C=O) groups excluding carboxylic acids is 1. The van der Waals surface area contributed by atoms with Gasteiger partial charge in [0.05, 0.1) is 18.8 Å². The summed E-state index contributed by atoms with van der Waals surface area (Å²) >= 11 is 0. The minimum Gasteiger partial charge on any atom is -0.493 e. The SMILES string of the molecule is CCCC(O)c1cc(C)c2c(c1)C(NC(=O)CC)CCO2. The van der Waals surface area contributed by atoms with Gasteiger partial charge in [0.2, 0.25) is 5.91 Å². The monoisotopic (exact) mass is 291 g/mol. The lowest BCUT2D eigenvalue weighted by atomic mass is 9.92. The van der Waals surface area contributed by atoms with E-state index in [4.69, 9.17) is 4.74 Å². The molecule has 116 valence electrons. The van der Waals surface area contributed by atoms with E-state index in [1.807, 2.05) is 26.0 Å². The number of hydrogen-bond acceptors (Lipinski definition) is 3. The number of ether oxygens (including phenoxy) is 1. The highest BCUT2D eigenvalue weighted by atomic mass is 16.5. The van der Waals surface area contributed by atoms with Gasteiger partial charge in [-0.1, -0.05) is 20.3 Å². The molecule has 4 heteroatoms. The van der Waals surface area contributed by atoms with Crippen molar-refractivity contribution >= 4 is 5.91 Å². The third-order valence-corrected chi connectivity index (χ3v) is 3.96. The van der Waals surface area contributed by atoms with Crippen LogP contribution in [0, 0.1) is 6.92 Å². The molecule has 1 amide bonds. The summed E-state index contributed by atoms with van der Waals surface area (Å²) in [7, 11) is 0. The third kappa shape index (κ3) is 3.56. The van der Waals surface area contributed by atoms with Gasteiger partial charge >= 0.3 is 0 Å². The van der Waals surface area contributed by atoms with Gasteiger partial charge in [0.1, 0.15) is 5.75 Å². The molecule has 1 heterocycles. The van der Waals surface area contributed by atoms with Crippen molar-refractivity contribution in [3.63, 3.8) is 0 Å². The molecule has 0 bridgehead atoms. The minimum absolute atomic E-state index is 0.0197. The molecule has 0 aromatic heterocycles. The van der Waals surface area contributed by atoms with E-state index in [0.29, 0.717) is 13.0 Å². The van der Waals surface area contributed by atoms with E-state index in [0.717, 1.165) is 41.7 Å². The Morgan fingerprint density at radius 2 is 2.24 bits per heavy atom. The zero-order valence-corrected chi connectivity index (χ0v) is 13.1. The maximum Gasteiger partial charge on any atom is 0.220 e. The molecular formula is C17H25NO3. The average Bonchev–Trinajstić information content (AvgIpc) is 2.48. The Morgan fingerprint density at radius 1 is 1.48 bits per heavy atom. The number of rotatable bonds is 5. The number of aliphatic hydroxyl groups excluding tert-OH is 1. The number of amides is 1. The summed E-state index contributed by atoms with van der Waals surface area (Å²) in [5, 5.41) is 13.3. The second kappa shape index (κ2) is 6.94. The number of fused-ring (bicyclic) bond motifs is 1. The van der Waals surface area contributed by atoms with Crippen LogP contribution in [0.4, 0.5) is 0 Å². The molecule has 0 aliphatic carbocycles. The summed E-state index contributed by atoms with van der Waals surface area (Å²) in [6, 6.07) is 3.96. The van der Waals surface area contributed by atoms with Gasteiger partial charge in [0.15, 0.2) is 0 Å². The van der Waals surface area contributed by atoms with Crippen LogP contribution in [0.1, 0.15) is 68.4 Å². The largest absolute Gasteiger partial charge is 0.493 e. The Balaban J connectivity index is 2.34. The second-order valence-electron chi connectivity index (χ2n) is 5.67. The molecule has 2 unspecified atom stereocenters. The first kappa shape index (κ1) is 15.8. The molecule has 0 saturated carbocycles. The molecule has 4 nitrogen and oxygen atoms in total. The van der Waals surface area contributed by atoms with E-state index in [1.165, 1.54) is 0 Å². The van der Waals surface area contributed by atoms with E-state index in [2.05, 4.69) is 12.2 Å². The summed E-state index contributed by atoms with van der Waals surface area (Å²) in [5.74, 6) is 0.903. The number of aliphatic hydroxyl groups is 1. The molecular weight excluding hydrogens is 266 g/mol. The normalized spacial score (nSPS) is 18.6. The lowest BCUT2D eigenvalue weighted by molar-refractivity contribution is -0.121. The summed E-state index contributed by atoms with van der Waals surface area (Å²) in [4.78, 5) is 11.7. The maximum absolute atomic E-state index is 11.7. The summed E-state index contributed by atoms with van der Waals surface area (Å²) < 4.78 is 5.76. The van der Waals surface area contributed by atoms with E-state index in [-0.39, 0.29) is 11.9 Å². The van der Waals surface area contributed by atoms with Crippen molar-refractivity contribution < 1.29 is 14.6 Å². The predicted molar refractivity (Wildman–Crippen MR) is 82.3 cm³/mol. The van der Waals surface area contributed by atoms with Crippen molar-refractivity contribution in [2.45, 2.75) is 58.6 Å². The Morgan fingerprint density at radius 3 is 2.90 bits per heavy atom. The molecule has 1 aromatic carbocycles.